The molecule has 1 atom stereocenters. The molecule has 1 aliphatic rings. The van der Waals surface area contributed by atoms with Crippen LogP contribution >= 0.6 is 0 Å². The SMILES string of the molecule is CCNC(c1ccccc1C(C)(C)C)C1CCC(C)CC1. The average molecular weight is 287 g/mol. The monoisotopic (exact) mass is 287 g/mol. The molecule has 0 spiro atoms. The highest BCUT2D eigenvalue weighted by Crippen LogP contribution is 2.39. The van der Waals surface area contributed by atoms with Crippen molar-refractivity contribution in [1.82, 2.24) is 5.32 Å². The van der Waals surface area contributed by atoms with Crippen molar-refractivity contribution in [3.63, 3.8) is 0 Å². The Kier molecular flexibility index (Phi) is 5.48. The zero-order valence-electron chi connectivity index (χ0n) is 14.6. The summed E-state index contributed by atoms with van der Waals surface area (Å²) < 4.78 is 0. The van der Waals surface area contributed by atoms with Crippen molar-refractivity contribution in [2.75, 3.05) is 6.54 Å². The summed E-state index contributed by atoms with van der Waals surface area (Å²) in [6.07, 6.45) is 5.53. The summed E-state index contributed by atoms with van der Waals surface area (Å²) in [4.78, 5) is 0. The minimum absolute atomic E-state index is 0.215. The normalized spacial score (nSPS) is 24.8. The smallest absolute Gasteiger partial charge is 0.0351 e. The molecule has 1 fully saturated rings. The molecule has 1 heteroatoms. The van der Waals surface area contributed by atoms with E-state index in [1.807, 2.05) is 0 Å². The zero-order valence-corrected chi connectivity index (χ0v) is 14.6. The number of rotatable bonds is 4. The Labute approximate surface area is 131 Å². The third-order valence-electron chi connectivity index (χ3n) is 5.06. The Hall–Kier alpha value is -0.820. The molecule has 0 radical (unpaired) electrons. The molecule has 118 valence electrons. The first-order valence-corrected chi connectivity index (χ1v) is 8.76. The highest BCUT2D eigenvalue weighted by Gasteiger charge is 2.30. The first-order chi connectivity index (χ1) is 9.93. The van der Waals surface area contributed by atoms with Gasteiger partial charge in [-0.1, -0.05) is 71.7 Å². The van der Waals surface area contributed by atoms with Crippen molar-refractivity contribution in [2.24, 2.45) is 11.8 Å². The van der Waals surface area contributed by atoms with Crippen molar-refractivity contribution in [3.8, 4) is 0 Å². The molecule has 1 unspecified atom stereocenters. The lowest BCUT2D eigenvalue weighted by Crippen LogP contribution is -2.32. The fourth-order valence-corrected chi connectivity index (χ4v) is 3.82. The lowest BCUT2D eigenvalue weighted by molar-refractivity contribution is 0.231. The quantitative estimate of drug-likeness (QED) is 0.775. The molecule has 2 rings (SSSR count). The minimum Gasteiger partial charge on any atom is -0.310 e. The van der Waals surface area contributed by atoms with Crippen LogP contribution in [-0.4, -0.2) is 6.54 Å². The third kappa shape index (κ3) is 4.10. The molecule has 21 heavy (non-hydrogen) atoms. The van der Waals surface area contributed by atoms with Gasteiger partial charge in [0.1, 0.15) is 0 Å². The van der Waals surface area contributed by atoms with Gasteiger partial charge in [-0.3, -0.25) is 0 Å². The molecule has 1 nitrogen and oxygen atoms in total. The maximum Gasteiger partial charge on any atom is 0.0351 e. The molecule has 1 aliphatic carbocycles. The Bertz CT molecular complexity index is 435. The Balaban J connectivity index is 2.30. The predicted octanol–water partition coefficient (Wildman–Crippen LogP) is 5.46. The molecule has 0 bridgehead atoms. The van der Waals surface area contributed by atoms with Gasteiger partial charge in [-0.2, -0.15) is 0 Å². The maximum atomic E-state index is 3.80. The van der Waals surface area contributed by atoms with Gasteiger partial charge in [-0.25, -0.2) is 0 Å². The number of hydrogen-bond acceptors (Lipinski definition) is 1. The van der Waals surface area contributed by atoms with Gasteiger partial charge in [0, 0.05) is 6.04 Å². The van der Waals surface area contributed by atoms with Gasteiger partial charge in [0.25, 0.3) is 0 Å². The van der Waals surface area contributed by atoms with E-state index in [-0.39, 0.29) is 5.41 Å². The molecule has 1 aromatic carbocycles. The van der Waals surface area contributed by atoms with E-state index in [2.05, 4.69) is 64.2 Å². The molecule has 1 N–H and O–H groups in total. The second-order valence-corrected chi connectivity index (χ2v) is 7.89. The number of nitrogens with one attached hydrogen (secondary N) is 1. The van der Waals surface area contributed by atoms with E-state index in [0.29, 0.717) is 6.04 Å². The minimum atomic E-state index is 0.215. The van der Waals surface area contributed by atoms with Gasteiger partial charge < -0.3 is 5.32 Å². The second-order valence-electron chi connectivity index (χ2n) is 7.89. The molecular formula is C20H33N. The summed E-state index contributed by atoms with van der Waals surface area (Å²) in [5.74, 6) is 1.71. The Morgan fingerprint density at radius 1 is 1.10 bits per heavy atom. The summed E-state index contributed by atoms with van der Waals surface area (Å²) in [6.45, 7) is 12.7. The van der Waals surface area contributed by atoms with Gasteiger partial charge in [0.05, 0.1) is 0 Å². The van der Waals surface area contributed by atoms with Crippen LogP contribution in [0.25, 0.3) is 0 Å². The van der Waals surface area contributed by atoms with E-state index in [0.717, 1.165) is 18.4 Å². The van der Waals surface area contributed by atoms with Gasteiger partial charge in [-0.05, 0) is 47.8 Å². The number of benzene rings is 1. The van der Waals surface area contributed by atoms with Crippen LogP contribution in [0.4, 0.5) is 0 Å². The molecule has 0 amide bonds. The highest BCUT2D eigenvalue weighted by atomic mass is 14.9. The van der Waals surface area contributed by atoms with E-state index >= 15 is 0 Å². The standard InChI is InChI=1S/C20H33N/c1-6-21-19(16-13-11-15(2)12-14-16)17-9-7-8-10-18(17)20(3,4)5/h7-10,15-16,19,21H,6,11-14H2,1-5H3. The van der Waals surface area contributed by atoms with Crippen LogP contribution in [0, 0.1) is 11.8 Å². The van der Waals surface area contributed by atoms with Gasteiger partial charge in [0.2, 0.25) is 0 Å². The summed E-state index contributed by atoms with van der Waals surface area (Å²) in [7, 11) is 0. The van der Waals surface area contributed by atoms with Crippen LogP contribution in [0.5, 0.6) is 0 Å². The van der Waals surface area contributed by atoms with Crippen LogP contribution < -0.4 is 5.32 Å². The summed E-state index contributed by atoms with van der Waals surface area (Å²) >= 11 is 0. The second kappa shape index (κ2) is 6.96. The van der Waals surface area contributed by atoms with Crippen molar-refractivity contribution in [1.29, 1.82) is 0 Å². The van der Waals surface area contributed by atoms with Crippen molar-refractivity contribution >= 4 is 0 Å². The van der Waals surface area contributed by atoms with Crippen LogP contribution in [0.3, 0.4) is 0 Å². The van der Waals surface area contributed by atoms with Crippen LogP contribution in [0.1, 0.15) is 77.5 Å². The first-order valence-electron chi connectivity index (χ1n) is 8.76. The summed E-state index contributed by atoms with van der Waals surface area (Å²) in [5.41, 5.74) is 3.26. The van der Waals surface area contributed by atoms with E-state index in [4.69, 9.17) is 0 Å². The first kappa shape index (κ1) is 16.5. The van der Waals surface area contributed by atoms with Crippen LogP contribution in [-0.2, 0) is 5.41 Å². The maximum absolute atomic E-state index is 3.80. The van der Waals surface area contributed by atoms with Gasteiger partial charge in [0.15, 0.2) is 0 Å². The van der Waals surface area contributed by atoms with E-state index in [1.54, 1.807) is 0 Å². The lowest BCUT2D eigenvalue weighted by Gasteiger charge is -2.36. The largest absolute Gasteiger partial charge is 0.310 e. The van der Waals surface area contributed by atoms with Crippen molar-refractivity contribution in [2.45, 2.75) is 71.8 Å². The van der Waals surface area contributed by atoms with E-state index in [1.165, 1.54) is 36.8 Å². The van der Waals surface area contributed by atoms with Crippen molar-refractivity contribution in [3.05, 3.63) is 35.4 Å². The fourth-order valence-electron chi connectivity index (χ4n) is 3.82. The molecule has 0 saturated heterocycles. The number of hydrogen-bond donors (Lipinski definition) is 1. The third-order valence-corrected chi connectivity index (χ3v) is 5.06. The Morgan fingerprint density at radius 2 is 1.71 bits per heavy atom. The van der Waals surface area contributed by atoms with E-state index < -0.39 is 0 Å². The summed E-state index contributed by atoms with van der Waals surface area (Å²) in [6, 6.07) is 9.60. The van der Waals surface area contributed by atoms with E-state index in [9.17, 15) is 0 Å². The Morgan fingerprint density at radius 3 is 2.29 bits per heavy atom. The highest BCUT2D eigenvalue weighted by molar-refractivity contribution is 5.35. The zero-order chi connectivity index (χ0) is 15.5. The molecule has 0 heterocycles. The lowest BCUT2D eigenvalue weighted by atomic mass is 9.74. The van der Waals surface area contributed by atoms with Gasteiger partial charge in [-0.15, -0.1) is 0 Å². The molecule has 1 saturated carbocycles. The molecular weight excluding hydrogens is 254 g/mol. The topological polar surface area (TPSA) is 12.0 Å². The van der Waals surface area contributed by atoms with Gasteiger partial charge >= 0.3 is 0 Å². The molecule has 1 aromatic rings. The molecule has 0 aromatic heterocycles. The average Bonchev–Trinajstić information content (AvgIpc) is 2.45. The van der Waals surface area contributed by atoms with Crippen LogP contribution in [0.2, 0.25) is 0 Å². The fraction of sp³-hybridized carbons (Fsp3) is 0.700. The van der Waals surface area contributed by atoms with Crippen LogP contribution in [0.15, 0.2) is 24.3 Å². The summed E-state index contributed by atoms with van der Waals surface area (Å²) in [5, 5.41) is 3.80. The predicted molar refractivity (Wildman–Crippen MR) is 92.7 cm³/mol. The molecule has 0 aliphatic heterocycles. The van der Waals surface area contributed by atoms with Crippen molar-refractivity contribution < 1.29 is 0 Å².